The van der Waals surface area contributed by atoms with Gasteiger partial charge in [0.15, 0.2) is 0 Å². The number of carbonyl (C=O) groups is 1. The van der Waals surface area contributed by atoms with E-state index in [0.717, 1.165) is 27.4 Å². The van der Waals surface area contributed by atoms with Crippen LogP contribution in [0.1, 0.15) is 21.5 Å². The molecule has 1 heterocycles. The molecule has 8 heteroatoms. The molecule has 0 fully saturated rings. The zero-order chi connectivity index (χ0) is 22.7. The Balaban J connectivity index is 1.43. The minimum atomic E-state index is -3.75. The first-order valence-corrected chi connectivity index (χ1v) is 12.1. The van der Waals surface area contributed by atoms with E-state index in [-0.39, 0.29) is 17.0 Å². The van der Waals surface area contributed by atoms with Gasteiger partial charge >= 0.3 is 5.97 Å². The molecular weight excluding hydrogens is 444 g/mol. The summed E-state index contributed by atoms with van der Waals surface area (Å²) < 4.78 is 27.5. The first kappa shape index (κ1) is 21.9. The van der Waals surface area contributed by atoms with Gasteiger partial charge in [0.25, 0.3) is 0 Å². The van der Waals surface area contributed by atoms with Crippen molar-refractivity contribution in [2.75, 3.05) is 0 Å². The molecule has 4 rings (SSSR count). The van der Waals surface area contributed by atoms with Crippen LogP contribution in [-0.2, 0) is 16.6 Å². The Kier molecular flexibility index (Phi) is 6.18. The summed E-state index contributed by atoms with van der Waals surface area (Å²) in [6.07, 6.45) is 0. The van der Waals surface area contributed by atoms with Crippen molar-refractivity contribution in [3.63, 3.8) is 0 Å². The fourth-order valence-electron chi connectivity index (χ4n) is 3.07. The highest BCUT2D eigenvalue weighted by Crippen LogP contribution is 2.29. The smallest absolute Gasteiger partial charge is 0.335 e. The van der Waals surface area contributed by atoms with Crippen LogP contribution in [0.5, 0.6) is 0 Å². The molecule has 3 aromatic carbocycles. The van der Waals surface area contributed by atoms with Gasteiger partial charge in [0, 0.05) is 23.1 Å². The lowest BCUT2D eigenvalue weighted by atomic mass is 10.1. The van der Waals surface area contributed by atoms with Crippen LogP contribution in [0.15, 0.2) is 83.1 Å². The highest BCUT2D eigenvalue weighted by Gasteiger charge is 2.15. The van der Waals surface area contributed by atoms with Gasteiger partial charge in [0.05, 0.1) is 16.2 Å². The van der Waals surface area contributed by atoms with E-state index in [2.05, 4.69) is 29.0 Å². The first-order chi connectivity index (χ1) is 15.3. The second kappa shape index (κ2) is 9.04. The molecule has 2 N–H and O–H groups in total. The highest BCUT2D eigenvalue weighted by atomic mass is 32.2. The fraction of sp³-hybridized carbons (Fsp3) is 0.0833. The van der Waals surface area contributed by atoms with Crippen LogP contribution in [0.25, 0.3) is 21.8 Å². The molecule has 162 valence electrons. The molecule has 0 aliphatic heterocycles. The summed E-state index contributed by atoms with van der Waals surface area (Å²) in [5, 5.41) is 11.9. The van der Waals surface area contributed by atoms with E-state index in [1.807, 2.05) is 36.6 Å². The van der Waals surface area contributed by atoms with E-state index in [4.69, 9.17) is 10.1 Å². The van der Waals surface area contributed by atoms with Gasteiger partial charge in [-0.25, -0.2) is 22.9 Å². The normalized spacial score (nSPS) is 11.4. The molecule has 0 saturated carbocycles. The number of aromatic nitrogens is 1. The molecule has 0 saturated heterocycles. The van der Waals surface area contributed by atoms with Gasteiger partial charge in [-0.1, -0.05) is 54.1 Å². The third-order valence-electron chi connectivity index (χ3n) is 4.93. The molecule has 1 aromatic heterocycles. The number of hydrogen-bond acceptors (Lipinski definition) is 5. The average molecular weight is 465 g/mol. The van der Waals surface area contributed by atoms with Crippen LogP contribution in [0, 0.1) is 6.92 Å². The zero-order valence-corrected chi connectivity index (χ0v) is 18.8. The fourth-order valence-corrected chi connectivity index (χ4v) is 4.92. The van der Waals surface area contributed by atoms with E-state index in [1.54, 1.807) is 11.3 Å². The molecule has 6 nitrogen and oxygen atoms in total. The van der Waals surface area contributed by atoms with Gasteiger partial charge in [0.2, 0.25) is 10.0 Å². The average Bonchev–Trinajstić information content (AvgIpc) is 3.29. The number of benzene rings is 3. The zero-order valence-electron chi connectivity index (χ0n) is 17.1. The summed E-state index contributed by atoms with van der Waals surface area (Å²) in [5.74, 6) is -1.10. The largest absolute Gasteiger partial charge is 0.478 e. The summed E-state index contributed by atoms with van der Waals surface area (Å²) in [4.78, 5) is 15.7. The Bertz CT molecular complexity index is 1340. The molecule has 0 aliphatic rings. The SMILES string of the molecule is Cc1ccc(-c2csc(-c3ccc(CNS(=O)(=O)c4ccc(C(=O)O)cc4)cc3)n2)cc1. The standard InChI is InChI=1S/C24H20N2O4S2/c1-16-2-6-18(7-3-16)22-15-31-23(26-22)19-8-4-17(5-9-19)14-25-32(29,30)21-12-10-20(11-13-21)24(27)28/h2-13,15,25H,14H2,1H3,(H,27,28). The monoisotopic (exact) mass is 464 g/mol. The molecule has 0 bridgehead atoms. The Morgan fingerprint density at radius 3 is 2.19 bits per heavy atom. The molecule has 0 aliphatic carbocycles. The highest BCUT2D eigenvalue weighted by molar-refractivity contribution is 7.89. The number of aromatic carboxylic acids is 1. The number of aryl methyl sites for hydroxylation is 1. The summed E-state index contributed by atoms with van der Waals surface area (Å²) in [6.45, 7) is 2.17. The van der Waals surface area contributed by atoms with Crippen molar-refractivity contribution in [2.45, 2.75) is 18.4 Å². The molecule has 0 spiro atoms. The molecule has 0 radical (unpaired) electrons. The predicted molar refractivity (Wildman–Crippen MR) is 125 cm³/mol. The number of hydrogen-bond donors (Lipinski definition) is 2. The van der Waals surface area contributed by atoms with E-state index in [0.29, 0.717) is 0 Å². The maximum absolute atomic E-state index is 12.5. The van der Waals surface area contributed by atoms with Gasteiger partial charge in [-0.2, -0.15) is 0 Å². The maximum Gasteiger partial charge on any atom is 0.335 e. The van der Waals surface area contributed by atoms with Crippen LogP contribution in [-0.4, -0.2) is 24.5 Å². The van der Waals surface area contributed by atoms with Crippen molar-refractivity contribution < 1.29 is 18.3 Å². The van der Waals surface area contributed by atoms with Crippen LogP contribution in [0.2, 0.25) is 0 Å². The second-order valence-corrected chi connectivity index (χ2v) is 9.88. The summed E-state index contributed by atoms with van der Waals surface area (Å²) in [6, 6.07) is 20.9. The van der Waals surface area contributed by atoms with Crippen molar-refractivity contribution in [2.24, 2.45) is 0 Å². The van der Waals surface area contributed by atoms with E-state index < -0.39 is 16.0 Å². The van der Waals surface area contributed by atoms with Gasteiger partial charge in [-0.15, -0.1) is 11.3 Å². The number of rotatable bonds is 7. The van der Waals surface area contributed by atoms with E-state index in [1.165, 1.54) is 29.8 Å². The number of carboxylic acid groups (broad SMARTS) is 1. The molecular formula is C24H20N2O4S2. The third kappa shape index (κ3) is 4.94. The molecule has 0 atom stereocenters. The second-order valence-electron chi connectivity index (χ2n) is 7.25. The molecule has 0 unspecified atom stereocenters. The van der Waals surface area contributed by atoms with Crippen LogP contribution < -0.4 is 4.72 Å². The third-order valence-corrected chi connectivity index (χ3v) is 7.24. The molecule has 4 aromatic rings. The Labute approximate surface area is 190 Å². The van der Waals surface area contributed by atoms with Crippen molar-refractivity contribution in [1.82, 2.24) is 9.71 Å². The van der Waals surface area contributed by atoms with Crippen molar-refractivity contribution in [1.29, 1.82) is 0 Å². The number of nitrogens with one attached hydrogen (secondary N) is 1. The number of thiazole rings is 1. The van der Waals surface area contributed by atoms with Crippen molar-refractivity contribution >= 4 is 27.3 Å². The van der Waals surface area contributed by atoms with Gasteiger partial charge in [-0.05, 0) is 36.8 Å². The summed E-state index contributed by atoms with van der Waals surface area (Å²) in [5.41, 5.74) is 5.00. The number of carboxylic acids is 1. The van der Waals surface area contributed by atoms with E-state index >= 15 is 0 Å². The van der Waals surface area contributed by atoms with Crippen molar-refractivity contribution in [3.8, 4) is 21.8 Å². The van der Waals surface area contributed by atoms with E-state index in [9.17, 15) is 13.2 Å². The maximum atomic E-state index is 12.5. The van der Waals surface area contributed by atoms with Gasteiger partial charge in [-0.3, -0.25) is 0 Å². The lowest BCUT2D eigenvalue weighted by Gasteiger charge is -2.08. The Morgan fingerprint density at radius 2 is 1.56 bits per heavy atom. The minimum absolute atomic E-state index is 0.0190. The molecule has 0 amide bonds. The number of nitrogens with zero attached hydrogens (tertiary/aromatic N) is 1. The summed E-state index contributed by atoms with van der Waals surface area (Å²) in [7, 11) is -3.75. The Hall–Kier alpha value is -3.33. The lowest BCUT2D eigenvalue weighted by molar-refractivity contribution is 0.0696. The van der Waals surface area contributed by atoms with Gasteiger partial charge in [0.1, 0.15) is 5.01 Å². The van der Waals surface area contributed by atoms with Crippen molar-refractivity contribution in [3.05, 3.63) is 94.9 Å². The quantitative estimate of drug-likeness (QED) is 0.403. The first-order valence-electron chi connectivity index (χ1n) is 9.77. The minimum Gasteiger partial charge on any atom is -0.478 e. The summed E-state index contributed by atoms with van der Waals surface area (Å²) >= 11 is 1.56. The van der Waals surface area contributed by atoms with Gasteiger partial charge < -0.3 is 5.11 Å². The molecule has 32 heavy (non-hydrogen) atoms. The lowest BCUT2D eigenvalue weighted by Crippen LogP contribution is -2.23. The van der Waals surface area contributed by atoms with Crippen LogP contribution in [0.4, 0.5) is 0 Å². The predicted octanol–water partition coefficient (Wildman–Crippen LogP) is 4.96. The van der Waals surface area contributed by atoms with Crippen LogP contribution in [0.3, 0.4) is 0 Å². The Morgan fingerprint density at radius 1 is 0.938 bits per heavy atom. The van der Waals surface area contributed by atoms with Crippen LogP contribution >= 0.6 is 11.3 Å². The topological polar surface area (TPSA) is 96.4 Å². The number of sulfonamides is 1.